The summed E-state index contributed by atoms with van der Waals surface area (Å²) in [6, 6.07) is 18.8. The second-order valence-electron chi connectivity index (χ2n) is 10.2. The van der Waals surface area contributed by atoms with Crippen molar-refractivity contribution in [3.05, 3.63) is 111 Å². The zero-order valence-electron chi connectivity index (χ0n) is 21.3. The lowest BCUT2D eigenvalue weighted by atomic mass is 10.00. The molecule has 5 aromatic rings. The summed E-state index contributed by atoms with van der Waals surface area (Å²) < 4.78 is 7.51. The summed E-state index contributed by atoms with van der Waals surface area (Å²) in [6.45, 7) is 8.97. The largest absolute Gasteiger partial charge is 0.468 e. The number of aryl methyl sites for hydroxylation is 1. The van der Waals surface area contributed by atoms with Gasteiger partial charge in [-0.05, 0) is 85.5 Å². The predicted molar refractivity (Wildman–Crippen MR) is 143 cm³/mol. The predicted octanol–water partition coefficient (Wildman–Crippen LogP) is 5.62. The van der Waals surface area contributed by atoms with Crippen LogP contribution in [0.4, 0.5) is 0 Å². The number of aromatic nitrogens is 5. The Hall–Kier alpha value is -3.75. The van der Waals surface area contributed by atoms with Gasteiger partial charge in [0, 0.05) is 22.6 Å². The van der Waals surface area contributed by atoms with Crippen molar-refractivity contribution in [2.24, 2.45) is 0 Å². The van der Waals surface area contributed by atoms with Gasteiger partial charge in [0.05, 0.1) is 18.3 Å². The molecule has 190 valence electrons. The van der Waals surface area contributed by atoms with E-state index in [1.165, 1.54) is 0 Å². The second kappa shape index (κ2) is 9.95. The summed E-state index contributed by atoms with van der Waals surface area (Å²) in [5, 5.41) is 14.4. The van der Waals surface area contributed by atoms with E-state index in [2.05, 4.69) is 31.5 Å². The van der Waals surface area contributed by atoms with E-state index < -0.39 is 11.6 Å². The zero-order valence-corrected chi connectivity index (χ0v) is 22.0. The third kappa shape index (κ3) is 5.21. The molecule has 0 saturated carbocycles. The van der Waals surface area contributed by atoms with Crippen LogP contribution in [0, 0.1) is 6.92 Å². The van der Waals surface area contributed by atoms with Crippen molar-refractivity contribution in [3.63, 3.8) is 0 Å². The number of H-pyrrole nitrogens is 1. The average molecular weight is 517 g/mol. The number of hydrogen-bond acceptors (Lipinski definition) is 6. The van der Waals surface area contributed by atoms with Gasteiger partial charge in [-0.25, -0.2) is 4.68 Å². The van der Waals surface area contributed by atoms with Gasteiger partial charge in [-0.15, -0.1) is 5.10 Å². The van der Waals surface area contributed by atoms with Crippen LogP contribution in [-0.2, 0) is 18.6 Å². The molecule has 1 N–H and O–H groups in total. The summed E-state index contributed by atoms with van der Waals surface area (Å²) >= 11 is 6.59. The van der Waals surface area contributed by atoms with E-state index in [1.54, 1.807) is 10.9 Å². The number of benzene rings is 2. The van der Waals surface area contributed by atoms with Crippen LogP contribution in [0.3, 0.4) is 0 Å². The van der Waals surface area contributed by atoms with Gasteiger partial charge < -0.3 is 9.40 Å². The van der Waals surface area contributed by atoms with Crippen molar-refractivity contribution in [1.29, 1.82) is 0 Å². The molecule has 37 heavy (non-hydrogen) atoms. The number of nitrogens with zero attached hydrogens (tertiary/aromatic N) is 5. The Labute approximate surface area is 219 Å². The van der Waals surface area contributed by atoms with Crippen molar-refractivity contribution in [1.82, 2.24) is 30.1 Å². The molecule has 0 fully saturated rings. The standard InChI is InChI=1S/C28H29ClN6O2/c1-18-11-12-24-20(14-18)15-22(27(36)30-24)25(26-31-32-33-35(26)28(2,3)4)34(17-21-9-7-13-37-21)16-19-8-5-6-10-23(19)29/h5-15,25H,16-17H2,1-4H3,(H,30,36). The minimum absolute atomic E-state index is 0.201. The lowest BCUT2D eigenvalue weighted by Crippen LogP contribution is -2.37. The molecule has 1 unspecified atom stereocenters. The molecule has 3 aromatic heterocycles. The van der Waals surface area contributed by atoms with Crippen LogP contribution in [0.2, 0.25) is 5.02 Å². The van der Waals surface area contributed by atoms with Crippen molar-refractivity contribution < 1.29 is 4.42 Å². The van der Waals surface area contributed by atoms with E-state index >= 15 is 0 Å². The van der Waals surface area contributed by atoms with Crippen molar-refractivity contribution >= 4 is 22.5 Å². The topological polar surface area (TPSA) is 92.8 Å². The summed E-state index contributed by atoms with van der Waals surface area (Å²) in [5.74, 6) is 1.31. The molecule has 5 rings (SSSR count). The first kappa shape index (κ1) is 24.9. The highest BCUT2D eigenvalue weighted by Crippen LogP contribution is 2.33. The van der Waals surface area contributed by atoms with Gasteiger partial charge in [-0.3, -0.25) is 9.69 Å². The van der Waals surface area contributed by atoms with E-state index in [0.29, 0.717) is 29.5 Å². The number of nitrogens with one attached hydrogen (secondary N) is 1. The highest BCUT2D eigenvalue weighted by molar-refractivity contribution is 6.31. The van der Waals surface area contributed by atoms with Crippen LogP contribution in [0.5, 0.6) is 0 Å². The lowest BCUT2D eigenvalue weighted by Gasteiger charge is -2.32. The fraction of sp³-hybridized carbons (Fsp3) is 0.286. The fourth-order valence-corrected chi connectivity index (χ4v) is 4.77. The van der Waals surface area contributed by atoms with Gasteiger partial charge in [-0.2, -0.15) is 0 Å². The SMILES string of the molecule is Cc1ccc2[nH]c(=O)c(C(c3nnnn3C(C)(C)C)N(Cc3ccco3)Cc3ccccc3Cl)cc2c1. The number of rotatable bonds is 7. The number of halogens is 1. The number of pyridine rings is 1. The van der Waals surface area contributed by atoms with Gasteiger partial charge in [-0.1, -0.05) is 41.4 Å². The highest BCUT2D eigenvalue weighted by atomic mass is 35.5. The van der Waals surface area contributed by atoms with Gasteiger partial charge >= 0.3 is 0 Å². The van der Waals surface area contributed by atoms with Crippen molar-refractivity contribution in [2.45, 2.75) is 52.4 Å². The van der Waals surface area contributed by atoms with Gasteiger partial charge in [0.2, 0.25) is 0 Å². The molecule has 9 heteroatoms. The second-order valence-corrected chi connectivity index (χ2v) is 10.6. The van der Waals surface area contributed by atoms with Crippen molar-refractivity contribution in [2.75, 3.05) is 0 Å². The molecule has 0 amide bonds. The first-order chi connectivity index (χ1) is 17.7. The zero-order chi connectivity index (χ0) is 26.2. The molecule has 0 aliphatic heterocycles. The van der Waals surface area contributed by atoms with E-state index in [-0.39, 0.29) is 5.56 Å². The molecule has 3 heterocycles. The molecule has 2 aromatic carbocycles. The number of aromatic amines is 1. The maximum absolute atomic E-state index is 13.6. The maximum Gasteiger partial charge on any atom is 0.253 e. The Morgan fingerprint density at radius 3 is 2.62 bits per heavy atom. The molecule has 0 radical (unpaired) electrons. The van der Waals surface area contributed by atoms with E-state index in [1.807, 2.05) is 82.3 Å². The summed E-state index contributed by atoms with van der Waals surface area (Å²) in [6.07, 6.45) is 1.64. The number of furan rings is 1. The first-order valence-electron chi connectivity index (χ1n) is 12.1. The Kier molecular flexibility index (Phi) is 6.70. The molecule has 0 saturated heterocycles. The van der Waals surface area contributed by atoms with Crippen LogP contribution < -0.4 is 5.56 Å². The summed E-state index contributed by atoms with van der Waals surface area (Å²) in [5.41, 5.74) is 2.72. The quantitative estimate of drug-likeness (QED) is 0.302. The Morgan fingerprint density at radius 2 is 1.89 bits per heavy atom. The first-order valence-corrected chi connectivity index (χ1v) is 12.5. The molecule has 0 aliphatic carbocycles. The third-order valence-corrected chi connectivity index (χ3v) is 6.70. The van der Waals surface area contributed by atoms with Gasteiger partial charge in [0.15, 0.2) is 5.82 Å². The number of tetrazole rings is 1. The molecule has 0 bridgehead atoms. The maximum atomic E-state index is 13.6. The Bertz CT molecular complexity index is 1580. The monoisotopic (exact) mass is 516 g/mol. The van der Waals surface area contributed by atoms with Crippen LogP contribution in [0.25, 0.3) is 10.9 Å². The molecular formula is C28H29ClN6O2. The lowest BCUT2D eigenvalue weighted by molar-refractivity contribution is 0.171. The minimum Gasteiger partial charge on any atom is -0.468 e. The van der Waals surface area contributed by atoms with E-state index in [0.717, 1.165) is 27.8 Å². The molecule has 8 nitrogen and oxygen atoms in total. The molecule has 0 spiro atoms. The smallest absolute Gasteiger partial charge is 0.253 e. The van der Waals surface area contributed by atoms with E-state index in [9.17, 15) is 4.79 Å². The summed E-state index contributed by atoms with van der Waals surface area (Å²) in [7, 11) is 0. The Morgan fingerprint density at radius 1 is 1.08 bits per heavy atom. The molecular weight excluding hydrogens is 488 g/mol. The highest BCUT2D eigenvalue weighted by Gasteiger charge is 2.34. The normalized spacial score (nSPS) is 12.9. The third-order valence-electron chi connectivity index (χ3n) is 6.33. The van der Waals surface area contributed by atoms with Crippen LogP contribution in [-0.4, -0.2) is 30.1 Å². The molecule has 1 atom stereocenters. The fourth-order valence-electron chi connectivity index (χ4n) is 4.57. The van der Waals surface area contributed by atoms with Gasteiger partial charge in [0.25, 0.3) is 5.56 Å². The van der Waals surface area contributed by atoms with E-state index in [4.69, 9.17) is 16.0 Å². The van der Waals surface area contributed by atoms with Crippen LogP contribution in [0.15, 0.2) is 76.1 Å². The van der Waals surface area contributed by atoms with Crippen LogP contribution in [0.1, 0.15) is 55.1 Å². The Balaban J connectivity index is 1.74. The summed E-state index contributed by atoms with van der Waals surface area (Å²) in [4.78, 5) is 18.8. The van der Waals surface area contributed by atoms with Crippen LogP contribution >= 0.6 is 11.6 Å². The minimum atomic E-state index is -0.593. The number of hydrogen-bond donors (Lipinski definition) is 1. The molecule has 0 aliphatic rings. The number of fused-ring (bicyclic) bond motifs is 1. The average Bonchev–Trinajstić information content (AvgIpc) is 3.54. The van der Waals surface area contributed by atoms with Gasteiger partial charge in [0.1, 0.15) is 11.8 Å². The van der Waals surface area contributed by atoms with Crippen molar-refractivity contribution in [3.8, 4) is 0 Å².